The summed E-state index contributed by atoms with van der Waals surface area (Å²) < 4.78 is 0. The fourth-order valence-corrected chi connectivity index (χ4v) is 4.06. The van der Waals surface area contributed by atoms with Gasteiger partial charge in [0.05, 0.1) is 12.0 Å². The van der Waals surface area contributed by atoms with Gasteiger partial charge in [0.15, 0.2) is 0 Å². The predicted molar refractivity (Wildman–Crippen MR) is 105 cm³/mol. The highest BCUT2D eigenvalue weighted by molar-refractivity contribution is 5.90. The van der Waals surface area contributed by atoms with Crippen LogP contribution < -0.4 is 5.32 Å². The number of nitrogens with zero attached hydrogens (tertiary/aromatic N) is 2. The molecule has 5 nitrogen and oxygen atoms in total. The van der Waals surface area contributed by atoms with Gasteiger partial charge in [0.25, 0.3) is 0 Å². The number of benzene rings is 2. The molecular formula is C22H25N3O2. The van der Waals surface area contributed by atoms with E-state index in [4.69, 9.17) is 0 Å². The van der Waals surface area contributed by atoms with E-state index in [1.165, 1.54) is 11.1 Å². The normalized spacial score (nSPS) is 18.7. The van der Waals surface area contributed by atoms with Crippen LogP contribution in [0, 0.1) is 5.92 Å². The molecule has 0 saturated carbocycles. The number of likely N-dealkylation sites (N-methyl/N-ethyl adjacent to an activating group) is 1. The van der Waals surface area contributed by atoms with Gasteiger partial charge in [-0.3, -0.25) is 9.59 Å². The van der Waals surface area contributed by atoms with Crippen LogP contribution in [0.5, 0.6) is 0 Å². The van der Waals surface area contributed by atoms with Gasteiger partial charge in [0.2, 0.25) is 11.8 Å². The van der Waals surface area contributed by atoms with Crippen molar-refractivity contribution >= 4 is 11.8 Å². The number of carbonyl (C=O) groups excluding carboxylic acids is 2. The van der Waals surface area contributed by atoms with E-state index < -0.39 is 0 Å². The van der Waals surface area contributed by atoms with Crippen LogP contribution in [0.15, 0.2) is 48.5 Å². The summed E-state index contributed by atoms with van der Waals surface area (Å²) in [6, 6.07) is 16.3. The van der Waals surface area contributed by atoms with Crippen molar-refractivity contribution < 1.29 is 9.59 Å². The summed E-state index contributed by atoms with van der Waals surface area (Å²) in [6.45, 7) is 1.99. The topological polar surface area (TPSA) is 52.6 Å². The van der Waals surface area contributed by atoms with Crippen molar-refractivity contribution in [3.05, 3.63) is 59.7 Å². The summed E-state index contributed by atoms with van der Waals surface area (Å²) in [5.74, 6) is -0.240. The molecule has 1 aliphatic heterocycles. The largest absolute Gasteiger partial charge is 0.345 e. The van der Waals surface area contributed by atoms with E-state index in [1.54, 1.807) is 4.90 Å². The van der Waals surface area contributed by atoms with Crippen LogP contribution in [0.25, 0.3) is 11.1 Å². The highest BCUT2D eigenvalue weighted by Crippen LogP contribution is 2.43. The van der Waals surface area contributed by atoms with Crippen molar-refractivity contribution in [1.82, 2.24) is 15.1 Å². The Hall–Kier alpha value is -2.66. The number of hydrogen-bond acceptors (Lipinski definition) is 3. The van der Waals surface area contributed by atoms with Crippen molar-refractivity contribution in [2.45, 2.75) is 12.5 Å². The van der Waals surface area contributed by atoms with Crippen LogP contribution in [-0.2, 0) is 9.59 Å². The maximum absolute atomic E-state index is 12.9. The maximum Gasteiger partial charge on any atom is 0.226 e. The van der Waals surface area contributed by atoms with Crippen molar-refractivity contribution in [2.24, 2.45) is 5.92 Å². The lowest BCUT2D eigenvalue weighted by atomic mass is 10.0. The molecule has 1 unspecified atom stereocenters. The number of carbonyl (C=O) groups is 2. The number of amides is 2. The average Bonchev–Trinajstić information content (AvgIpc) is 3.19. The molecule has 140 valence electrons. The van der Waals surface area contributed by atoms with Crippen LogP contribution in [0.2, 0.25) is 0 Å². The molecule has 1 saturated heterocycles. The summed E-state index contributed by atoms with van der Waals surface area (Å²) in [5.41, 5.74) is 4.60. The Balaban J connectivity index is 1.50. The lowest BCUT2D eigenvalue weighted by molar-refractivity contribution is -0.129. The maximum atomic E-state index is 12.9. The van der Waals surface area contributed by atoms with Crippen molar-refractivity contribution in [1.29, 1.82) is 0 Å². The molecule has 1 fully saturated rings. The van der Waals surface area contributed by atoms with E-state index in [9.17, 15) is 9.59 Å². The zero-order valence-electron chi connectivity index (χ0n) is 15.8. The minimum Gasteiger partial charge on any atom is -0.345 e. The summed E-state index contributed by atoms with van der Waals surface area (Å²) in [6.07, 6.45) is 0.301. The molecule has 2 amide bonds. The third-order valence-corrected chi connectivity index (χ3v) is 5.52. The van der Waals surface area contributed by atoms with E-state index in [2.05, 4.69) is 29.6 Å². The van der Waals surface area contributed by atoms with Crippen LogP contribution >= 0.6 is 0 Å². The number of nitrogens with one attached hydrogen (secondary N) is 1. The van der Waals surface area contributed by atoms with Crippen molar-refractivity contribution in [2.75, 3.05) is 33.7 Å². The molecule has 1 aliphatic carbocycles. The highest BCUT2D eigenvalue weighted by Gasteiger charge is 2.37. The van der Waals surface area contributed by atoms with Crippen LogP contribution in [0.1, 0.15) is 23.6 Å². The second kappa shape index (κ2) is 7.16. The first kappa shape index (κ1) is 17.7. The van der Waals surface area contributed by atoms with E-state index >= 15 is 0 Å². The second-order valence-electron chi connectivity index (χ2n) is 7.66. The lowest BCUT2D eigenvalue weighted by Gasteiger charge is -2.20. The monoisotopic (exact) mass is 363 g/mol. The van der Waals surface area contributed by atoms with Gasteiger partial charge >= 0.3 is 0 Å². The van der Waals surface area contributed by atoms with Gasteiger partial charge in [0.1, 0.15) is 0 Å². The first-order valence-electron chi connectivity index (χ1n) is 9.45. The summed E-state index contributed by atoms with van der Waals surface area (Å²) in [4.78, 5) is 29.1. The minimum absolute atomic E-state index is 0.0350. The van der Waals surface area contributed by atoms with Gasteiger partial charge in [0, 0.05) is 26.1 Å². The number of rotatable bonds is 5. The lowest BCUT2D eigenvalue weighted by Crippen LogP contribution is -2.36. The quantitative estimate of drug-likeness (QED) is 0.887. The van der Waals surface area contributed by atoms with Crippen molar-refractivity contribution in [3.63, 3.8) is 0 Å². The fraction of sp³-hybridized carbons (Fsp3) is 0.364. The molecule has 0 bridgehead atoms. The number of fused-ring (bicyclic) bond motifs is 3. The molecule has 0 aromatic heterocycles. The first-order chi connectivity index (χ1) is 13.0. The Morgan fingerprint density at radius 2 is 1.67 bits per heavy atom. The fourth-order valence-electron chi connectivity index (χ4n) is 4.06. The molecule has 2 aliphatic rings. The zero-order chi connectivity index (χ0) is 19.0. The molecule has 5 heteroatoms. The average molecular weight is 363 g/mol. The molecule has 1 heterocycles. The van der Waals surface area contributed by atoms with Crippen LogP contribution in [0.3, 0.4) is 0 Å². The van der Waals surface area contributed by atoms with Gasteiger partial charge < -0.3 is 15.1 Å². The van der Waals surface area contributed by atoms with Gasteiger partial charge in [-0.2, -0.15) is 0 Å². The van der Waals surface area contributed by atoms with Gasteiger partial charge in [-0.15, -0.1) is 0 Å². The SMILES string of the molecule is CN(C)CCN1CC(C(=O)NC2c3ccccc3-c3ccccc32)CC1=O. The van der Waals surface area contributed by atoms with Gasteiger partial charge in [-0.05, 0) is 36.3 Å². The number of likely N-dealkylation sites (tertiary alicyclic amines) is 1. The molecular weight excluding hydrogens is 338 g/mol. The van der Waals surface area contributed by atoms with Gasteiger partial charge in [-0.1, -0.05) is 48.5 Å². The Bertz CT molecular complexity index is 832. The third-order valence-electron chi connectivity index (χ3n) is 5.52. The van der Waals surface area contributed by atoms with Gasteiger partial charge in [-0.25, -0.2) is 0 Å². The van der Waals surface area contributed by atoms with Crippen molar-refractivity contribution in [3.8, 4) is 11.1 Å². The van der Waals surface area contributed by atoms with E-state index in [0.717, 1.165) is 17.7 Å². The minimum atomic E-state index is -0.278. The predicted octanol–water partition coefficient (Wildman–Crippen LogP) is 2.28. The summed E-state index contributed by atoms with van der Waals surface area (Å²) in [7, 11) is 3.97. The Kier molecular flexibility index (Phi) is 4.70. The standard InChI is InChI=1S/C22H25N3O2/c1-24(2)11-12-25-14-15(13-20(25)26)22(27)23-21-18-9-5-3-7-16(18)17-8-4-6-10-19(17)21/h3-10,15,21H,11-14H2,1-2H3,(H,23,27). The molecule has 4 rings (SSSR count). The van der Waals surface area contributed by atoms with Crippen LogP contribution in [-0.4, -0.2) is 55.3 Å². The zero-order valence-corrected chi connectivity index (χ0v) is 15.8. The van der Waals surface area contributed by atoms with E-state index in [0.29, 0.717) is 19.5 Å². The molecule has 1 atom stereocenters. The molecule has 27 heavy (non-hydrogen) atoms. The first-order valence-corrected chi connectivity index (χ1v) is 9.45. The Labute approximate surface area is 160 Å². The summed E-state index contributed by atoms with van der Waals surface area (Å²) in [5, 5.41) is 3.21. The summed E-state index contributed by atoms with van der Waals surface area (Å²) >= 11 is 0. The second-order valence-corrected chi connectivity index (χ2v) is 7.66. The molecule has 0 radical (unpaired) electrons. The molecule has 2 aromatic rings. The highest BCUT2D eigenvalue weighted by atomic mass is 16.2. The Morgan fingerprint density at radius 1 is 1.07 bits per heavy atom. The third kappa shape index (κ3) is 3.35. The molecule has 1 N–H and O–H groups in total. The number of hydrogen-bond donors (Lipinski definition) is 1. The Morgan fingerprint density at radius 3 is 2.26 bits per heavy atom. The van der Waals surface area contributed by atoms with E-state index in [1.807, 2.05) is 43.3 Å². The van der Waals surface area contributed by atoms with Crippen LogP contribution in [0.4, 0.5) is 0 Å². The smallest absolute Gasteiger partial charge is 0.226 e. The molecule has 2 aromatic carbocycles. The molecule has 0 spiro atoms. The van der Waals surface area contributed by atoms with E-state index in [-0.39, 0.29) is 23.8 Å².